The molecule has 4 rings (SSSR count). The van der Waals surface area contributed by atoms with Gasteiger partial charge in [-0.1, -0.05) is 41.6 Å². The molecule has 0 saturated carbocycles. The number of nitrogens with zero attached hydrogens (tertiary/aromatic N) is 2. The number of hydrogen-bond acceptors (Lipinski definition) is 9. The zero-order valence-electron chi connectivity index (χ0n) is 18.8. The highest BCUT2D eigenvalue weighted by Gasteiger charge is 2.19. The third-order valence-corrected chi connectivity index (χ3v) is 6.78. The smallest absolute Gasteiger partial charge is 0.339 e. The maximum atomic E-state index is 12.7. The van der Waals surface area contributed by atoms with E-state index in [2.05, 4.69) is 15.5 Å². The minimum Gasteiger partial charge on any atom is -0.493 e. The van der Waals surface area contributed by atoms with Crippen LogP contribution in [0.5, 0.6) is 11.5 Å². The van der Waals surface area contributed by atoms with E-state index in [0.29, 0.717) is 16.4 Å². The molecule has 0 aliphatic carbocycles. The van der Waals surface area contributed by atoms with Crippen molar-refractivity contribution in [3.63, 3.8) is 0 Å². The molecule has 3 aromatic carbocycles. The van der Waals surface area contributed by atoms with E-state index < -0.39 is 10.1 Å². The molecule has 1 amide bonds. The van der Waals surface area contributed by atoms with Crippen LogP contribution in [0, 0.1) is 6.92 Å². The average Bonchev–Trinajstić information content (AvgIpc) is 3.26. The lowest BCUT2D eigenvalue weighted by Crippen LogP contribution is -2.19. The van der Waals surface area contributed by atoms with Crippen LogP contribution in [0.2, 0.25) is 0 Å². The van der Waals surface area contributed by atoms with Crippen LogP contribution < -0.4 is 14.3 Å². The topological polar surface area (TPSA) is 120 Å². The van der Waals surface area contributed by atoms with Crippen molar-refractivity contribution in [2.75, 3.05) is 12.9 Å². The van der Waals surface area contributed by atoms with E-state index in [4.69, 9.17) is 13.3 Å². The van der Waals surface area contributed by atoms with Crippen LogP contribution in [-0.4, -0.2) is 38.4 Å². The van der Waals surface area contributed by atoms with Gasteiger partial charge in [0.2, 0.25) is 0 Å². The van der Waals surface area contributed by atoms with Crippen LogP contribution in [0.25, 0.3) is 11.1 Å². The number of hydrogen-bond donors (Lipinski definition) is 1. The molecule has 0 bridgehead atoms. The number of fused-ring (bicyclic) bond motifs is 1. The van der Waals surface area contributed by atoms with Gasteiger partial charge >= 0.3 is 10.1 Å². The Morgan fingerprint density at radius 2 is 1.89 bits per heavy atom. The number of carbonyl (C=O) groups is 1. The van der Waals surface area contributed by atoms with Gasteiger partial charge in [-0.2, -0.15) is 13.5 Å². The normalized spacial score (nSPS) is 11.6. The number of hydrazone groups is 1. The number of ether oxygens (including phenoxy) is 1. The van der Waals surface area contributed by atoms with Gasteiger partial charge in [-0.15, -0.1) is 0 Å². The first-order chi connectivity index (χ1) is 16.8. The molecule has 4 aromatic rings. The van der Waals surface area contributed by atoms with Crippen LogP contribution in [0.4, 0.5) is 0 Å². The molecule has 0 spiro atoms. The highest BCUT2D eigenvalue weighted by Crippen LogP contribution is 2.30. The van der Waals surface area contributed by atoms with Crippen molar-refractivity contribution in [3.05, 3.63) is 77.9 Å². The van der Waals surface area contributed by atoms with E-state index in [1.54, 1.807) is 30.3 Å². The highest BCUT2D eigenvalue weighted by atomic mass is 32.2. The number of benzene rings is 3. The summed E-state index contributed by atoms with van der Waals surface area (Å²) in [4.78, 5) is 16.4. The molecule has 1 aromatic heterocycles. The van der Waals surface area contributed by atoms with Gasteiger partial charge in [-0.3, -0.25) is 4.79 Å². The van der Waals surface area contributed by atoms with E-state index >= 15 is 0 Å². The van der Waals surface area contributed by atoms with Gasteiger partial charge in [0, 0.05) is 0 Å². The van der Waals surface area contributed by atoms with Crippen molar-refractivity contribution in [1.29, 1.82) is 0 Å². The number of methoxy groups -OCH3 is 1. The van der Waals surface area contributed by atoms with Crippen molar-refractivity contribution in [2.45, 2.75) is 17.0 Å². The van der Waals surface area contributed by atoms with Gasteiger partial charge in [0.1, 0.15) is 10.4 Å². The molecule has 1 heterocycles. The molecule has 0 radical (unpaired) electrons. The number of amides is 1. The Morgan fingerprint density at radius 1 is 1.11 bits per heavy atom. The second kappa shape index (κ2) is 10.6. The fourth-order valence-corrected chi connectivity index (χ4v) is 4.52. The molecule has 0 aliphatic heterocycles. The summed E-state index contributed by atoms with van der Waals surface area (Å²) in [6, 6.07) is 18.3. The van der Waals surface area contributed by atoms with Crippen molar-refractivity contribution < 1.29 is 26.5 Å². The van der Waals surface area contributed by atoms with Gasteiger partial charge in [0.05, 0.1) is 19.1 Å². The van der Waals surface area contributed by atoms with Gasteiger partial charge in [-0.05, 0) is 55.0 Å². The lowest BCUT2D eigenvalue weighted by atomic mass is 10.2. The quantitative estimate of drug-likeness (QED) is 0.154. The first kappa shape index (κ1) is 24.3. The van der Waals surface area contributed by atoms with E-state index in [9.17, 15) is 13.2 Å². The number of rotatable bonds is 9. The highest BCUT2D eigenvalue weighted by molar-refractivity contribution is 7.99. The second-order valence-corrected chi connectivity index (χ2v) is 9.76. The van der Waals surface area contributed by atoms with Crippen molar-refractivity contribution in [1.82, 2.24) is 10.4 Å². The molecule has 0 fully saturated rings. The van der Waals surface area contributed by atoms with Crippen molar-refractivity contribution in [3.8, 4) is 11.5 Å². The Kier molecular flexibility index (Phi) is 7.37. The maximum absolute atomic E-state index is 12.7. The fraction of sp³-hybridized carbons (Fsp3) is 0.125. The fourth-order valence-electron chi connectivity index (χ4n) is 2.96. The molecule has 9 nitrogen and oxygen atoms in total. The molecule has 0 aliphatic rings. The molecule has 0 saturated heterocycles. The average molecular weight is 512 g/mol. The van der Waals surface area contributed by atoms with E-state index in [0.717, 1.165) is 22.8 Å². The molecular formula is C24H21N3O6S2. The van der Waals surface area contributed by atoms with E-state index in [1.807, 2.05) is 25.1 Å². The number of aryl methyl sites for hydroxylation is 1. The number of para-hydroxylation sites is 2. The minimum atomic E-state index is -4.07. The van der Waals surface area contributed by atoms with Crippen LogP contribution >= 0.6 is 11.8 Å². The molecule has 0 unspecified atom stereocenters. The summed E-state index contributed by atoms with van der Waals surface area (Å²) in [6.45, 7) is 1.86. The number of aromatic nitrogens is 1. The second-order valence-electron chi connectivity index (χ2n) is 7.29. The Morgan fingerprint density at radius 3 is 2.63 bits per heavy atom. The summed E-state index contributed by atoms with van der Waals surface area (Å²) in [7, 11) is -2.66. The molecule has 35 heavy (non-hydrogen) atoms. The standard InChI is InChI=1S/C24H21N3O6S2/c1-16-7-10-18(11-8-16)35(29,30)33-22-13-17(9-12-21(22)31-2)14-25-27-23(28)15-34-24-26-19-5-3-4-6-20(19)32-24/h3-14H,15H2,1-2H3,(H,27,28)/b25-14-. The maximum Gasteiger partial charge on any atom is 0.339 e. The first-order valence-corrected chi connectivity index (χ1v) is 12.7. The third-order valence-electron chi connectivity index (χ3n) is 4.70. The zero-order valence-corrected chi connectivity index (χ0v) is 20.4. The van der Waals surface area contributed by atoms with Crippen molar-refractivity contribution >= 4 is 45.1 Å². The van der Waals surface area contributed by atoms with Crippen LogP contribution in [0.15, 0.2) is 86.4 Å². The lowest BCUT2D eigenvalue weighted by molar-refractivity contribution is -0.118. The summed E-state index contributed by atoms with van der Waals surface area (Å²) >= 11 is 1.15. The Labute approximate surface area is 206 Å². The minimum absolute atomic E-state index is 0.00475. The Balaban J connectivity index is 1.38. The third kappa shape index (κ3) is 6.19. The Bertz CT molecular complexity index is 1450. The summed E-state index contributed by atoms with van der Waals surface area (Å²) in [5, 5.41) is 4.31. The summed E-state index contributed by atoms with van der Waals surface area (Å²) < 4.78 is 41.4. The zero-order chi connectivity index (χ0) is 24.8. The molecule has 1 N–H and O–H groups in total. The molecule has 0 atom stereocenters. The molecule has 180 valence electrons. The van der Waals surface area contributed by atoms with Gasteiger partial charge in [0.25, 0.3) is 11.1 Å². The first-order valence-electron chi connectivity index (χ1n) is 10.3. The lowest BCUT2D eigenvalue weighted by Gasteiger charge is -2.11. The SMILES string of the molecule is COc1ccc(/C=N\NC(=O)CSc2nc3ccccc3o2)cc1OS(=O)(=O)c1ccc(C)cc1. The summed E-state index contributed by atoms with van der Waals surface area (Å²) in [5.74, 6) is -0.0810. The van der Waals surface area contributed by atoms with E-state index in [1.165, 1.54) is 31.5 Å². The summed E-state index contributed by atoms with van der Waals surface area (Å²) in [5.41, 5.74) is 5.20. The predicted molar refractivity (Wildman–Crippen MR) is 132 cm³/mol. The van der Waals surface area contributed by atoms with Gasteiger partial charge in [-0.25, -0.2) is 10.4 Å². The van der Waals surface area contributed by atoms with Crippen LogP contribution in [0.1, 0.15) is 11.1 Å². The largest absolute Gasteiger partial charge is 0.493 e. The van der Waals surface area contributed by atoms with Gasteiger partial charge < -0.3 is 13.3 Å². The molecular weight excluding hydrogens is 490 g/mol. The summed E-state index contributed by atoms with van der Waals surface area (Å²) in [6.07, 6.45) is 1.37. The number of nitrogens with one attached hydrogen (secondary N) is 1. The predicted octanol–water partition coefficient (Wildman–Crippen LogP) is 4.15. The van der Waals surface area contributed by atoms with Crippen molar-refractivity contribution in [2.24, 2.45) is 5.10 Å². The van der Waals surface area contributed by atoms with Gasteiger partial charge in [0.15, 0.2) is 17.1 Å². The van der Waals surface area contributed by atoms with Crippen LogP contribution in [-0.2, 0) is 14.9 Å². The monoisotopic (exact) mass is 511 g/mol. The number of oxazole rings is 1. The van der Waals surface area contributed by atoms with Crippen LogP contribution in [0.3, 0.4) is 0 Å². The number of thioether (sulfide) groups is 1. The number of carbonyl (C=O) groups excluding carboxylic acids is 1. The molecule has 11 heteroatoms. The van der Waals surface area contributed by atoms with E-state index in [-0.39, 0.29) is 28.1 Å². The Hall–Kier alpha value is -3.83.